The number of aliphatic hydroxyl groups is 1. The quantitative estimate of drug-likeness (QED) is 0.108. The summed E-state index contributed by atoms with van der Waals surface area (Å²) in [6.07, 6.45) is 0.482. The minimum atomic E-state index is -4.55. The van der Waals surface area contributed by atoms with Gasteiger partial charge in [-0.2, -0.15) is 18.0 Å². The van der Waals surface area contributed by atoms with Crippen molar-refractivity contribution in [3.8, 4) is 11.9 Å². The van der Waals surface area contributed by atoms with Crippen LogP contribution in [0.5, 0.6) is 5.75 Å². The molecule has 2 N–H and O–H groups in total. The third-order valence-electron chi connectivity index (χ3n) is 7.29. The van der Waals surface area contributed by atoms with E-state index in [0.717, 1.165) is 15.4 Å². The highest BCUT2D eigenvalue weighted by Gasteiger charge is 2.51. The van der Waals surface area contributed by atoms with E-state index in [-0.39, 0.29) is 19.0 Å². The smallest absolute Gasteiger partial charge is 0.307 e. The lowest BCUT2D eigenvalue weighted by Gasteiger charge is -2.46. The molecule has 0 saturated heterocycles. The van der Waals surface area contributed by atoms with Crippen LogP contribution in [0, 0.1) is 11.5 Å². The number of nitrogens with one attached hydrogen (secondary N) is 1. The molecule has 1 heterocycles. The van der Waals surface area contributed by atoms with Crippen molar-refractivity contribution >= 4 is 33.5 Å². The van der Waals surface area contributed by atoms with Gasteiger partial charge in [-0.05, 0) is 55.3 Å². The van der Waals surface area contributed by atoms with Gasteiger partial charge >= 0.3 is 10.2 Å². The summed E-state index contributed by atoms with van der Waals surface area (Å²) >= 11 is 6.09. The van der Waals surface area contributed by atoms with Crippen LogP contribution in [0.3, 0.4) is 0 Å². The Morgan fingerprint density at radius 1 is 0.932 bits per heavy atom. The summed E-state index contributed by atoms with van der Waals surface area (Å²) in [5, 5.41) is 24.7. The van der Waals surface area contributed by atoms with Crippen molar-refractivity contribution < 1.29 is 18.3 Å². The first-order valence-corrected chi connectivity index (χ1v) is 15.7. The maximum Gasteiger partial charge on any atom is 0.307 e. The van der Waals surface area contributed by atoms with Gasteiger partial charge < -0.3 is 9.84 Å². The molecule has 0 radical (unpaired) electrons. The molecular formula is C33H32ClN5O4S. The number of ether oxygens (including phenoxy) is 1. The van der Waals surface area contributed by atoms with E-state index in [4.69, 9.17) is 16.3 Å². The maximum atomic E-state index is 15.1. The van der Waals surface area contributed by atoms with Crippen LogP contribution >= 0.6 is 11.6 Å². The Hall–Kier alpha value is -4.40. The van der Waals surface area contributed by atoms with Gasteiger partial charge in [-0.15, -0.1) is 0 Å². The predicted octanol–water partition coefficient (Wildman–Crippen LogP) is 5.92. The molecule has 0 spiro atoms. The van der Waals surface area contributed by atoms with Crippen LogP contribution in [0.2, 0.25) is 5.02 Å². The van der Waals surface area contributed by atoms with Gasteiger partial charge in [-0.25, -0.2) is 9.30 Å². The molecule has 226 valence electrons. The minimum Gasteiger partial charge on any atom is -0.485 e. The average Bonchev–Trinajstić information content (AvgIpc) is 3.01. The monoisotopic (exact) mass is 629 g/mol. The van der Waals surface area contributed by atoms with Gasteiger partial charge in [0.25, 0.3) is 0 Å². The predicted molar refractivity (Wildman–Crippen MR) is 170 cm³/mol. The number of hydrogen-bond acceptors (Lipinski definition) is 6. The number of benzene rings is 4. The Morgan fingerprint density at radius 3 is 2.05 bits per heavy atom. The fraction of sp³-hybridized carbons (Fsp3) is 0.212. The summed E-state index contributed by atoms with van der Waals surface area (Å²) in [7, 11) is -4.55. The van der Waals surface area contributed by atoms with Gasteiger partial charge in [-0.3, -0.25) is 5.32 Å². The minimum absolute atomic E-state index is 0.0136. The largest absolute Gasteiger partial charge is 0.485 e. The number of para-hydroxylation sites is 1. The maximum absolute atomic E-state index is 15.1. The summed E-state index contributed by atoms with van der Waals surface area (Å²) in [6, 6.07) is 30.6. The molecule has 5 rings (SSSR count). The topological polar surface area (TPSA) is 118 Å². The zero-order valence-corrected chi connectivity index (χ0v) is 25.8. The van der Waals surface area contributed by atoms with E-state index < -0.39 is 28.0 Å². The molecule has 2 unspecified atom stereocenters. The molecule has 4 aromatic carbocycles. The van der Waals surface area contributed by atoms with Crippen LogP contribution in [0.4, 0.5) is 5.69 Å². The van der Waals surface area contributed by atoms with E-state index in [1.54, 1.807) is 62.4 Å². The van der Waals surface area contributed by atoms with E-state index >= 15 is 8.42 Å². The number of hydrogen-bond donors (Lipinski definition) is 2. The molecule has 2 atom stereocenters. The third kappa shape index (κ3) is 6.72. The number of guanidine groups is 1. The fourth-order valence-electron chi connectivity index (χ4n) is 5.09. The number of nitrogens with zero attached hydrogens (tertiary/aromatic N) is 4. The highest BCUT2D eigenvalue weighted by atomic mass is 35.5. The standard InChI is InChI=1S/C33H32ClN5O4S/c1-33(2)31(40)30(28-15-9-10-16-29(28)43-33)39(32(36-23-35)37-27-19-17-26(34)18-20-27)44(41,42)38(21-24-11-5-3-6-12-24)22-25-13-7-4-8-14-25/h3-20,30-31,40H,21-22H2,1-2H3,(H,36,37). The lowest BCUT2D eigenvalue weighted by molar-refractivity contribution is -0.0726. The molecule has 1 aliphatic rings. The zero-order valence-electron chi connectivity index (χ0n) is 24.2. The van der Waals surface area contributed by atoms with Crippen LogP contribution in [0.25, 0.3) is 0 Å². The first-order chi connectivity index (χ1) is 21.1. The highest BCUT2D eigenvalue weighted by molar-refractivity contribution is 7.87. The van der Waals surface area contributed by atoms with Gasteiger partial charge in [-0.1, -0.05) is 90.5 Å². The molecular weight excluding hydrogens is 598 g/mol. The van der Waals surface area contributed by atoms with Crippen molar-refractivity contribution in [3.05, 3.63) is 131 Å². The second kappa shape index (κ2) is 13.1. The number of rotatable bonds is 8. The second-order valence-corrected chi connectivity index (χ2v) is 13.1. The first-order valence-electron chi connectivity index (χ1n) is 13.9. The highest BCUT2D eigenvalue weighted by Crippen LogP contribution is 2.44. The van der Waals surface area contributed by atoms with Crippen LogP contribution in [0.15, 0.2) is 114 Å². The van der Waals surface area contributed by atoms with E-state index in [2.05, 4.69) is 10.3 Å². The molecule has 1 aliphatic heterocycles. The van der Waals surface area contributed by atoms with Crippen molar-refractivity contribution in [2.45, 2.75) is 44.7 Å². The summed E-state index contributed by atoms with van der Waals surface area (Å²) in [4.78, 5) is 4.58. The van der Waals surface area contributed by atoms with E-state index in [0.29, 0.717) is 22.0 Å². The number of fused-ring (bicyclic) bond motifs is 1. The van der Waals surface area contributed by atoms with Crippen LogP contribution in [-0.2, 0) is 23.3 Å². The Morgan fingerprint density at radius 2 is 1.48 bits per heavy atom. The zero-order chi connectivity index (χ0) is 31.3. The molecule has 9 nitrogen and oxygen atoms in total. The fourth-order valence-corrected chi connectivity index (χ4v) is 6.91. The Balaban J connectivity index is 1.74. The number of aliphatic hydroxyl groups excluding tert-OH is 1. The number of nitriles is 1. The van der Waals surface area contributed by atoms with Gasteiger partial charge in [0.15, 0.2) is 6.19 Å². The molecule has 0 fully saturated rings. The van der Waals surface area contributed by atoms with Gasteiger partial charge in [0.2, 0.25) is 5.96 Å². The summed E-state index contributed by atoms with van der Waals surface area (Å²) < 4.78 is 38.7. The molecule has 0 aliphatic carbocycles. The Labute approximate surface area is 262 Å². The number of halogens is 1. The molecule has 44 heavy (non-hydrogen) atoms. The Bertz CT molecular complexity index is 1720. The van der Waals surface area contributed by atoms with Crippen LogP contribution in [-0.4, -0.2) is 39.8 Å². The third-order valence-corrected chi connectivity index (χ3v) is 9.35. The van der Waals surface area contributed by atoms with Crippen molar-refractivity contribution in [2.24, 2.45) is 4.99 Å². The molecule has 0 bridgehead atoms. The normalized spacial score (nSPS) is 17.7. The van der Waals surface area contributed by atoms with Crippen molar-refractivity contribution in [3.63, 3.8) is 0 Å². The molecule has 0 saturated carbocycles. The molecule has 0 aromatic heterocycles. The van der Waals surface area contributed by atoms with E-state index in [1.165, 1.54) is 4.31 Å². The van der Waals surface area contributed by atoms with Crippen molar-refractivity contribution in [2.75, 3.05) is 0 Å². The lowest BCUT2D eigenvalue weighted by atomic mass is 9.86. The van der Waals surface area contributed by atoms with Gasteiger partial charge in [0, 0.05) is 23.7 Å². The van der Waals surface area contributed by atoms with Gasteiger partial charge in [0.05, 0.1) is 5.69 Å². The van der Waals surface area contributed by atoms with Crippen LogP contribution in [0.1, 0.15) is 36.6 Å². The SMILES string of the molecule is CC1(C)Oc2ccccc2C(N(C(=Nc2ccc(Cl)cc2)NC#N)S(=O)(=O)N(Cc2ccccc2)Cc2ccccc2)C1O. The lowest BCUT2D eigenvalue weighted by Crippen LogP contribution is -2.59. The van der Waals surface area contributed by atoms with Crippen molar-refractivity contribution in [1.29, 1.82) is 5.26 Å². The van der Waals surface area contributed by atoms with E-state index in [1.807, 2.05) is 66.9 Å². The average molecular weight is 630 g/mol. The Kier molecular flexibility index (Phi) is 9.22. The molecule has 0 amide bonds. The summed E-state index contributed by atoms with van der Waals surface area (Å²) in [6.45, 7) is 3.40. The van der Waals surface area contributed by atoms with Gasteiger partial charge in [0.1, 0.15) is 23.5 Å². The first kappa shape index (κ1) is 31.0. The second-order valence-electron chi connectivity index (χ2n) is 10.8. The molecule has 4 aromatic rings. The molecule has 11 heteroatoms. The van der Waals surface area contributed by atoms with E-state index in [9.17, 15) is 10.4 Å². The summed E-state index contributed by atoms with van der Waals surface area (Å²) in [5.41, 5.74) is 1.08. The van der Waals surface area contributed by atoms with Crippen LogP contribution < -0.4 is 10.1 Å². The summed E-state index contributed by atoms with van der Waals surface area (Å²) in [5.74, 6) is 0.117. The number of aliphatic imine (C=N–C) groups is 1. The van der Waals surface area contributed by atoms with Crippen molar-refractivity contribution in [1.82, 2.24) is 13.9 Å².